The molecule has 2 heterocycles. The predicted molar refractivity (Wildman–Crippen MR) is 160 cm³/mol. The molecular formula is C30H24Br2N2O5S. The maximum atomic E-state index is 13.8. The highest BCUT2D eigenvalue weighted by atomic mass is 79.9. The number of nitrogens with one attached hydrogen (secondary N) is 1. The Morgan fingerprint density at radius 2 is 1.52 bits per heavy atom. The quantitative estimate of drug-likeness (QED) is 0.208. The van der Waals surface area contributed by atoms with E-state index in [2.05, 4.69) is 37.2 Å². The van der Waals surface area contributed by atoms with Crippen molar-refractivity contribution in [3.8, 4) is 0 Å². The van der Waals surface area contributed by atoms with Crippen molar-refractivity contribution >= 4 is 60.8 Å². The molecule has 0 saturated carbocycles. The van der Waals surface area contributed by atoms with Gasteiger partial charge in [-0.15, -0.1) is 0 Å². The standard InChI is InChI=1S/C30H24Br2N2O5S/c31-23(32)17-22-18-40(38)29-25(33-24(35)16-19-10-4-1-5-11-19)28(36)34(29)26(22)30(37)39-27(20-12-6-2-7-13-20)21-14-8-3-9-15-21/h1-15,17,25,27,29H,16,18H2,(H,33,35)/t25?,29-,40?/m1/s1. The molecule has 3 aromatic rings. The monoisotopic (exact) mass is 682 g/mol. The molecule has 2 aliphatic heterocycles. The fourth-order valence-corrected chi connectivity index (χ4v) is 6.97. The SMILES string of the molecule is O=C(Cc1ccccc1)NC1C(=O)N2C(C(=O)OC(c3ccccc3)c3ccccc3)=C(C=C(Br)Br)C[S+]([O-])[C@H]12. The molecule has 0 spiro atoms. The van der Waals surface area contributed by atoms with Crippen LogP contribution in [-0.2, 0) is 36.7 Å². The second kappa shape index (κ2) is 12.6. The summed E-state index contributed by atoms with van der Waals surface area (Å²) in [5.41, 5.74) is 2.71. The summed E-state index contributed by atoms with van der Waals surface area (Å²) < 4.78 is 19.9. The molecule has 0 aromatic heterocycles. The van der Waals surface area contributed by atoms with E-state index in [9.17, 15) is 18.9 Å². The summed E-state index contributed by atoms with van der Waals surface area (Å²) in [6.45, 7) is 0. The van der Waals surface area contributed by atoms with Crippen LogP contribution in [0.5, 0.6) is 0 Å². The fraction of sp³-hybridized carbons (Fsp3) is 0.167. The average Bonchev–Trinajstić information content (AvgIpc) is 2.95. The summed E-state index contributed by atoms with van der Waals surface area (Å²) in [5, 5.41) is 1.84. The van der Waals surface area contributed by atoms with Crippen LogP contribution in [0.25, 0.3) is 0 Å². The van der Waals surface area contributed by atoms with E-state index in [1.807, 2.05) is 91.0 Å². The lowest BCUT2D eigenvalue weighted by Gasteiger charge is -2.49. The van der Waals surface area contributed by atoms with Crippen LogP contribution in [0.2, 0.25) is 0 Å². The number of hydrogen-bond donors (Lipinski definition) is 1. The molecule has 0 aliphatic carbocycles. The maximum Gasteiger partial charge on any atom is 0.356 e. The molecular weight excluding hydrogens is 660 g/mol. The van der Waals surface area contributed by atoms with Crippen molar-refractivity contribution in [3.63, 3.8) is 0 Å². The topological polar surface area (TPSA) is 98.8 Å². The lowest BCUT2D eigenvalue weighted by molar-refractivity contribution is -0.155. The van der Waals surface area contributed by atoms with E-state index < -0.39 is 40.6 Å². The van der Waals surface area contributed by atoms with Crippen LogP contribution in [0.4, 0.5) is 0 Å². The van der Waals surface area contributed by atoms with Gasteiger partial charge in [-0.05, 0) is 65.8 Å². The van der Waals surface area contributed by atoms with Crippen molar-refractivity contribution in [2.45, 2.75) is 23.9 Å². The molecule has 0 radical (unpaired) electrons. The summed E-state index contributed by atoms with van der Waals surface area (Å²) in [6.07, 6.45) is 0.942. The third-order valence-corrected chi connectivity index (χ3v) is 8.66. The summed E-state index contributed by atoms with van der Waals surface area (Å²) >= 11 is 5.04. The minimum Gasteiger partial charge on any atom is -0.614 e. The molecule has 2 unspecified atom stereocenters. The number of ether oxygens (including phenoxy) is 1. The number of carbonyl (C=O) groups is 3. The molecule has 5 rings (SSSR count). The van der Waals surface area contributed by atoms with E-state index in [0.717, 1.165) is 16.7 Å². The molecule has 1 saturated heterocycles. The highest BCUT2D eigenvalue weighted by Gasteiger charge is 2.61. The van der Waals surface area contributed by atoms with Gasteiger partial charge in [0.15, 0.2) is 12.1 Å². The largest absolute Gasteiger partial charge is 0.614 e. The van der Waals surface area contributed by atoms with Gasteiger partial charge >= 0.3 is 5.97 Å². The van der Waals surface area contributed by atoms with E-state index in [1.54, 1.807) is 6.08 Å². The highest BCUT2D eigenvalue weighted by molar-refractivity contribution is 9.28. The third-order valence-electron chi connectivity index (χ3n) is 6.59. The van der Waals surface area contributed by atoms with Gasteiger partial charge < -0.3 is 14.6 Å². The summed E-state index contributed by atoms with van der Waals surface area (Å²) in [4.78, 5) is 41.2. The normalized spacial score (nSPS) is 19.9. The van der Waals surface area contributed by atoms with E-state index in [1.165, 1.54) is 4.90 Å². The van der Waals surface area contributed by atoms with Gasteiger partial charge in [0, 0.05) is 5.57 Å². The second-order valence-corrected chi connectivity index (χ2v) is 13.6. The number of halogens is 2. The molecule has 7 nitrogen and oxygen atoms in total. The smallest absolute Gasteiger partial charge is 0.356 e. The number of esters is 1. The second-order valence-electron chi connectivity index (χ2n) is 9.25. The van der Waals surface area contributed by atoms with Crippen LogP contribution in [0.3, 0.4) is 0 Å². The van der Waals surface area contributed by atoms with Crippen LogP contribution in [-0.4, -0.2) is 44.4 Å². The third kappa shape index (κ3) is 6.10. The zero-order valence-corrected chi connectivity index (χ0v) is 25.0. The Hall–Kier alpha value is -3.18. The Morgan fingerprint density at radius 3 is 2.08 bits per heavy atom. The van der Waals surface area contributed by atoms with Crippen LogP contribution >= 0.6 is 31.9 Å². The van der Waals surface area contributed by atoms with Crippen molar-refractivity contribution in [1.29, 1.82) is 0 Å². The number of β-lactam (4-membered cyclic amide) rings is 1. The van der Waals surface area contributed by atoms with Gasteiger partial charge in [0.05, 0.1) is 9.81 Å². The Labute approximate surface area is 251 Å². The van der Waals surface area contributed by atoms with Crippen molar-refractivity contribution in [3.05, 3.63) is 128 Å². The minimum atomic E-state index is -1.57. The molecule has 2 aliphatic rings. The summed E-state index contributed by atoms with van der Waals surface area (Å²) in [7, 11) is 0. The Balaban J connectivity index is 1.43. The lowest BCUT2D eigenvalue weighted by Crippen LogP contribution is -2.74. The number of carbonyl (C=O) groups excluding carboxylic acids is 3. The lowest BCUT2D eigenvalue weighted by atomic mass is 10.0. The Morgan fingerprint density at radius 1 is 0.975 bits per heavy atom. The van der Waals surface area contributed by atoms with Gasteiger partial charge in [-0.3, -0.25) is 14.5 Å². The number of fused-ring (bicyclic) bond motifs is 1. The molecule has 1 N–H and O–H groups in total. The Bertz CT molecular complexity index is 1420. The van der Waals surface area contributed by atoms with E-state index in [-0.39, 0.29) is 23.8 Å². The van der Waals surface area contributed by atoms with Gasteiger partial charge in [0.2, 0.25) is 11.3 Å². The van der Waals surface area contributed by atoms with Crippen LogP contribution < -0.4 is 5.32 Å². The van der Waals surface area contributed by atoms with Gasteiger partial charge in [-0.25, -0.2) is 4.79 Å². The molecule has 10 heteroatoms. The molecule has 3 aromatic carbocycles. The van der Waals surface area contributed by atoms with E-state index in [4.69, 9.17) is 4.74 Å². The molecule has 3 atom stereocenters. The first-order chi connectivity index (χ1) is 19.3. The zero-order chi connectivity index (χ0) is 28.2. The summed E-state index contributed by atoms with van der Waals surface area (Å²) in [5.74, 6) is -1.60. The minimum absolute atomic E-state index is 0.00593. The first kappa shape index (κ1) is 28.4. The van der Waals surface area contributed by atoms with Gasteiger partial charge in [-0.2, -0.15) is 0 Å². The highest BCUT2D eigenvalue weighted by Crippen LogP contribution is 2.39. The number of benzene rings is 3. The van der Waals surface area contributed by atoms with Crippen molar-refractivity contribution in [2.75, 3.05) is 5.75 Å². The number of nitrogens with zero attached hydrogens (tertiary/aromatic N) is 1. The number of rotatable bonds is 8. The molecule has 1 fully saturated rings. The van der Waals surface area contributed by atoms with Crippen LogP contribution in [0, 0.1) is 0 Å². The van der Waals surface area contributed by atoms with Crippen LogP contribution in [0.15, 0.2) is 112 Å². The molecule has 2 amide bonds. The van der Waals surface area contributed by atoms with Crippen molar-refractivity contribution < 1.29 is 23.7 Å². The fourth-order valence-electron chi connectivity index (χ4n) is 4.79. The van der Waals surface area contributed by atoms with E-state index >= 15 is 0 Å². The molecule has 204 valence electrons. The summed E-state index contributed by atoms with van der Waals surface area (Å²) in [6, 6.07) is 26.8. The van der Waals surface area contributed by atoms with Gasteiger partial charge in [0.1, 0.15) is 11.4 Å². The van der Waals surface area contributed by atoms with Crippen molar-refractivity contribution in [1.82, 2.24) is 10.2 Å². The van der Waals surface area contributed by atoms with Crippen LogP contribution in [0.1, 0.15) is 22.8 Å². The van der Waals surface area contributed by atoms with E-state index in [0.29, 0.717) is 8.96 Å². The molecule has 40 heavy (non-hydrogen) atoms. The number of allylic oxidation sites excluding steroid dienone is 1. The number of hydrogen-bond acceptors (Lipinski definition) is 5. The first-order valence-corrected chi connectivity index (χ1v) is 15.4. The zero-order valence-electron chi connectivity index (χ0n) is 21.0. The first-order valence-electron chi connectivity index (χ1n) is 12.4. The predicted octanol–water partition coefficient (Wildman–Crippen LogP) is 4.86. The van der Waals surface area contributed by atoms with Gasteiger partial charge in [0.25, 0.3) is 5.91 Å². The molecule has 0 bridgehead atoms. The van der Waals surface area contributed by atoms with Crippen molar-refractivity contribution in [2.24, 2.45) is 0 Å². The Kier molecular flexibility index (Phi) is 8.90. The maximum absolute atomic E-state index is 13.8. The average molecular weight is 684 g/mol. The van der Waals surface area contributed by atoms with Gasteiger partial charge in [-0.1, -0.05) is 91.0 Å². The number of amides is 2.